The normalized spacial score (nSPS) is 10.9. The number of rotatable bonds is 2. The molecule has 0 saturated carbocycles. The lowest BCUT2D eigenvalue weighted by Gasteiger charge is -2.07. The van der Waals surface area contributed by atoms with Gasteiger partial charge in [-0.05, 0) is 34.2 Å². The van der Waals surface area contributed by atoms with Crippen molar-refractivity contribution in [3.05, 3.63) is 78.4 Å². The highest BCUT2D eigenvalue weighted by molar-refractivity contribution is 7.17. The van der Waals surface area contributed by atoms with Crippen LogP contribution in [0.4, 0.5) is 0 Å². The number of nitrogens with zero attached hydrogens (tertiary/aromatic N) is 1. The summed E-state index contributed by atoms with van der Waals surface area (Å²) in [4.78, 5) is 4.37. The monoisotopic (exact) mass is 287 g/mol. The molecule has 0 atom stereocenters. The summed E-state index contributed by atoms with van der Waals surface area (Å²) in [5, 5.41) is 3.40. The number of hydrogen-bond acceptors (Lipinski definition) is 2. The van der Waals surface area contributed by atoms with Crippen LogP contribution in [0.15, 0.2) is 78.4 Å². The average molecular weight is 287 g/mol. The predicted molar refractivity (Wildman–Crippen MR) is 90.5 cm³/mol. The lowest BCUT2D eigenvalue weighted by Crippen LogP contribution is -1.83. The highest BCUT2D eigenvalue weighted by Crippen LogP contribution is 2.32. The molecule has 4 aromatic rings. The molecule has 4 rings (SSSR count). The van der Waals surface area contributed by atoms with Crippen LogP contribution in [-0.2, 0) is 0 Å². The first kappa shape index (κ1) is 12.3. The quantitative estimate of drug-likeness (QED) is 0.465. The van der Waals surface area contributed by atoms with Crippen molar-refractivity contribution in [1.29, 1.82) is 0 Å². The Morgan fingerprint density at radius 2 is 1.52 bits per heavy atom. The minimum Gasteiger partial charge on any atom is -0.263 e. The largest absolute Gasteiger partial charge is 0.263 e. The van der Waals surface area contributed by atoms with Crippen molar-refractivity contribution in [3.8, 4) is 22.3 Å². The van der Waals surface area contributed by atoms with Gasteiger partial charge in [0.2, 0.25) is 0 Å². The molecule has 0 fully saturated rings. The van der Waals surface area contributed by atoms with Crippen LogP contribution in [0.5, 0.6) is 0 Å². The van der Waals surface area contributed by atoms with E-state index in [1.165, 1.54) is 32.3 Å². The molecular weight excluding hydrogens is 274 g/mol. The Kier molecular flexibility index (Phi) is 3.02. The molecule has 0 bridgehead atoms. The zero-order valence-electron chi connectivity index (χ0n) is 11.4. The molecule has 0 aliphatic heterocycles. The zero-order chi connectivity index (χ0) is 14.1. The Hall–Kier alpha value is -2.45. The average Bonchev–Trinajstić information content (AvgIpc) is 3.04. The van der Waals surface area contributed by atoms with Crippen LogP contribution >= 0.6 is 11.3 Å². The predicted octanol–water partition coefficient (Wildman–Crippen LogP) is 5.63. The standard InChI is InChI=1S/C19H13NS/c1-2-5-14(6-3-1)15-7-4-8-16(11-15)18-12-20-13-19-17(18)9-10-21-19/h1-13H. The van der Waals surface area contributed by atoms with E-state index in [-0.39, 0.29) is 0 Å². The van der Waals surface area contributed by atoms with Gasteiger partial charge in [0.15, 0.2) is 0 Å². The van der Waals surface area contributed by atoms with E-state index in [0.717, 1.165) is 0 Å². The topological polar surface area (TPSA) is 12.9 Å². The maximum atomic E-state index is 4.37. The van der Waals surface area contributed by atoms with Crippen molar-refractivity contribution < 1.29 is 0 Å². The van der Waals surface area contributed by atoms with E-state index in [0.29, 0.717) is 0 Å². The molecule has 2 heteroatoms. The molecule has 0 aliphatic rings. The van der Waals surface area contributed by atoms with Gasteiger partial charge in [-0.3, -0.25) is 4.98 Å². The van der Waals surface area contributed by atoms with E-state index in [1.54, 1.807) is 11.3 Å². The van der Waals surface area contributed by atoms with Crippen LogP contribution in [0, 0.1) is 0 Å². The first-order chi connectivity index (χ1) is 10.4. The lowest BCUT2D eigenvalue weighted by atomic mass is 9.98. The van der Waals surface area contributed by atoms with Crippen molar-refractivity contribution in [2.75, 3.05) is 0 Å². The molecule has 100 valence electrons. The Labute approximate surface area is 127 Å². The lowest BCUT2D eigenvalue weighted by molar-refractivity contribution is 1.37. The molecule has 0 unspecified atom stereocenters. The fourth-order valence-corrected chi connectivity index (χ4v) is 3.40. The Balaban J connectivity index is 1.88. The third kappa shape index (κ3) is 2.24. The molecular formula is C19H13NS. The fourth-order valence-electron chi connectivity index (χ4n) is 2.62. The highest BCUT2D eigenvalue weighted by atomic mass is 32.1. The minimum atomic E-state index is 1.20. The number of pyridine rings is 1. The second kappa shape index (κ2) is 5.15. The summed E-state index contributed by atoms with van der Waals surface area (Å²) in [6.45, 7) is 0. The van der Waals surface area contributed by atoms with Crippen molar-refractivity contribution in [2.24, 2.45) is 0 Å². The molecule has 0 N–H and O–H groups in total. The zero-order valence-corrected chi connectivity index (χ0v) is 12.2. The molecule has 2 heterocycles. The van der Waals surface area contributed by atoms with Crippen LogP contribution in [0.25, 0.3) is 32.3 Å². The van der Waals surface area contributed by atoms with Gasteiger partial charge in [0.25, 0.3) is 0 Å². The van der Waals surface area contributed by atoms with Gasteiger partial charge in [0.1, 0.15) is 0 Å². The van der Waals surface area contributed by atoms with E-state index in [1.807, 2.05) is 18.5 Å². The smallest absolute Gasteiger partial charge is 0.0532 e. The molecule has 0 spiro atoms. The highest BCUT2D eigenvalue weighted by Gasteiger charge is 2.06. The third-order valence-corrected chi connectivity index (χ3v) is 4.51. The van der Waals surface area contributed by atoms with Gasteiger partial charge >= 0.3 is 0 Å². The number of hydrogen-bond donors (Lipinski definition) is 0. The first-order valence-corrected chi connectivity index (χ1v) is 7.77. The van der Waals surface area contributed by atoms with Crippen molar-refractivity contribution >= 4 is 21.4 Å². The Bertz CT molecular complexity index is 894. The van der Waals surface area contributed by atoms with E-state index >= 15 is 0 Å². The number of benzene rings is 2. The summed E-state index contributed by atoms with van der Waals surface area (Å²) in [6.07, 6.45) is 3.89. The van der Waals surface area contributed by atoms with Crippen LogP contribution in [0.1, 0.15) is 0 Å². The number of thiophene rings is 1. The van der Waals surface area contributed by atoms with Crippen LogP contribution < -0.4 is 0 Å². The second-order valence-corrected chi connectivity index (χ2v) is 5.91. The van der Waals surface area contributed by atoms with Gasteiger partial charge in [0.05, 0.1) is 4.70 Å². The summed E-state index contributed by atoms with van der Waals surface area (Å²) < 4.78 is 1.23. The van der Waals surface area contributed by atoms with Crippen molar-refractivity contribution in [3.63, 3.8) is 0 Å². The summed E-state index contributed by atoms with van der Waals surface area (Å²) in [7, 11) is 0. The molecule has 1 nitrogen and oxygen atoms in total. The van der Waals surface area contributed by atoms with Crippen molar-refractivity contribution in [2.45, 2.75) is 0 Å². The molecule has 21 heavy (non-hydrogen) atoms. The second-order valence-electron chi connectivity index (χ2n) is 4.97. The van der Waals surface area contributed by atoms with Gasteiger partial charge in [-0.2, -0.15) is 0 Å². The van der Waals surface area contributed by atoms with Crippen LogP contribution in [-0.4, -0.2) is 4.98 Å². The Morgan fingerprint density at radius 1 is 0.714 bits per heavy atom. The third-order valence-electron chi connectivity index (χ3n) is 3.66. The summed E-state index contributed by atoms with van der Waals surface area (Å²) in [5.74, 6) is 0. The van der Waals surface area contributed by atoms with Gasteiger partial charge in [-0.15, -0.1) is 11.3 Å². The molecule has 2 aromatic carbocycles. The number of fused-ring (bicyclic) bond motifs is 1. The van der Waals surface area contributed by atoms with E-state index < -0.39 is 0 Å². The summed E-state index contributed by atoms with van der Waals surface area (Å²) in [6, 6.07) is 21.3. The van der Waals surface area contributed by atoms with Gasteiger partial charge in [0, 0.05) is 23.3 Å². The summed E-state index contributed by atoms with van der Waals surface area (Å²) >= 11 is 1.73. The van der Waals surface area contributed by atoms with E-state index in [9.17, 15) is 0 Å². The SMILES string of the molecule is c1ccc(-c2cccc(-c3cncc4sccc34)c2)cc1. The maximum Gasteiger partial charge on any atom is 0.0532 e. The van der Waals surface area contributed by atoms with Crippen LogP contribution in [0.3, 0.4) is 0 Å². The molecule has 0 radical (unpaired) electrons. The van der Waals surface area contributed by atoms with E-state index in [4.69, 9.17) is 0 Å². The summed E-state index contributed by atoms with van der Waals surface area (Å²) in [5.41, 5.74) is 4.89. The first-order valence-electron chi connectivity index (χ1n) is 6.89. The maximum absolute atomic E-state index is 4.37. The van der Waals surface area contributed by atoms with Gasteiger partial charge in [-0.1, -0.05) is 48.5 Å². The van der Waals surface area contributed by atoms with Gasteiger partial charge in [-0.25, -0.2) is 0 Å². The van der Waals surface area contributed by atoms with Crippen molar-refractivity contribution in [1.82, 2.24) is 4.98 Å². The molecule has 2 aromatic heterocycles. The van der Waals surface area contributed by atoms with E-state index in [2.05, 4.69) is 65.0 Å². The molecule has 0 amide bonds. The molecule has 0 aliphatic carbocycles. The fraction of sp³-hybridized carbons (Fsp3) is 0. The minimum absolute atomic E-state index is 1.20. The number of aromatic nitrogens is 1. The Morgan fingerprint density at radius 3 is 2.43 bits per heavy atom. The molecule has 0 saturated heterocycles. The van der Waals surface area contributed by atoms with Gasteiger partial charge < -0.3 is 0 Å². The van der Waals surface area contributed by atoms with Crippen LogP contribution in [0.2, 0.25) is 0 Å².